The van der Waals surface area contributed by atoms with Crippen molar-refractivity contribution in [2.24, 2.45) is 5.92 Å². The predicted octanol–water partition coefficient (Wildman–Crippen LogP) is 2.74. The van der Waals surface area contributed by atoms with Crippen LogP contribution < -0.4 is 21.3 Å². The average Bonchev–Trinajstić information content (AvgIpc) is 3.51. The molecule has 1 heterocycles. The number of nitrogens with zero attached hydrogens (tertiary/aromatic N) is 1. The van der Waals surface area contributed by atoms with E-state index in [1.54, 1.807) is 20.8 Å². The van der Waals surface area contributed by atoms with Gasteiger partial charge in [0.1, 0.15) is 17.7 Å². The molecule has 4 N–H and O–H groups in total. The van der Waals surface area contributed by atoms with Gasteiger partial charge in [0.05, 0.1) is 12.6 Å². The number of carbonyl (C=O) groups is 6. The van der Waals surface area contributed by atoms with Crippen LogP contribution >= 0.6 is 0 Å². The summed E-state index contributed by atoms with van der Waals surface area (Å²) in [6.45, 7) is 7.30. The Morgan fingerprint density at radius 2 is 1.60 bits per heavy atom. The molecule has 12 heteroatoms. The molecule has 1 aromatic rings. The molecule has 1 aromatic carbocycles. The van der Waals surface area contributed by atoms with E-state index >= 15 is 0 Å². The van der Waals surface area contributed by atoms with Gasteiger partial charge >= 0.3 is 6.09 Å². The summed E-state index contributed by atoms with van der Waals surface area (Å²) in [4.78, 5) is 79.5. The molecule has 2 fully saturated rings. The number of nitrogens with one attached hydrogen (secondary N) is 4. The fourth-order valence-corrected chi connectivity index (χ4v) is 5.86. The number of rotatable bonds is 13. The summed E-state index contributed by atoms with van der Waals surface area (Å²) in [5.74, 6) is -3.23. The lowest BCUT2D eigenvalue weighted by atomic mass is 9.83. The average molecular weight is 628 g/mol. The van der Waals surface area contributed by atoms with Crippen molar-refractivity contribution in [1.29, 1.82) is 0 Å². The molecule has 2 unspecified atom stereocenters. The van der Waals surface area contributed by atoms with E-state index in [1.807, 2.05) is 37.3 Å². The van der Waals surface area contributed by atoms with Crippen LogP contribution in [-0.2, 0) is 35.3 Å². The monoisotopic (exact) mass is 627 g/mol. The Hall–Kier alpha value is -3.96. The second-order valence-corrected chi connectivity index (χ2v) is 12.9. The summed E-state index contributed by atoms with van der Waals surface area (Å²) < 4.78 is 5.44. The lowest BCUT2D eigenvalue weighted by Crippen LogP contribution is -2.58. The van der Waals surface area contributed by atoms with Gasteiger partial charge in [0.25, 0.3) is 5.91 Å². The first-order valence-electron chi connectivity index (χ1n) is 16.1. The third-order valence-corrected chi connectivity index (χ3v) is 8.07. The van der Waals surface area contributed by atoms with Gasteiger partial charge < -0.3 is 30.9 Å². The molecule has 12 nitrogen and oxygen atoms in total. The summed E-state index contributed by atoms with van der Waals surface area (Å²) in [5, 5.41) is 10.5. The van der Waals surface area contributed by atoms with Crippen LogP contribution in [0.2, 0.25) is 0 Å². The highest BCUT2D eigenvalue weighted by Gasteiger charge is 2.42. The van der Waals surface area contributed by atoms with Gasteiger partial charge in [-0.25, -0.2) is 4.79 Å². The highest BCUT2D eigenvalue weighted by atomic mass is 16.6. The van der Waals surface area contributed by atoms with Crippen LogP contribution in [0.5, 0.6) is 0 Å². The van der Waals surface area contributed by atoms with E-state index in [2.05, 4.69) is 21.3 Å². The normalized spacial score (nSPS) is 18.3. The van der Waals surface area contributed by atoms with Gasteiger partial charge in [-0.3, -0.25) is 24.0 Å². The second kappa shape index (κ2) is 16.9. The van der Waals surface area contributed by atoms with Crippen LogP contribution in [0.1, 0.15) is 91.0 Å². The maximum atomic E-state index is 13.9. The molecular formula is C33H49N5O7. The molecular weight excluding hydrogens is 578 g/mol. The topological polar surface area (TPSA) is 163 Å². The van der Waals surface area contributed by atoms with Crippen LogP contribution in [0.25, 0.3) is 0 Å². The number of carbonyl (C=O) groups excluding carboxylic acids is 6. The van der Waals surface area contributed by atoms with E-state index in [0.717, 1.165) is 37.7 Å². The van der Waals surface area contributed by atoms with Gasteiger partial charge in [0.2, 0.25) is 23.5 Å². The van der Waals surface area contributed by atoms with Crippen LogP contribution in [0.15, 0.2) is 30.3 Å². The zero-order chi connectivity index (χ0) is 33.0. The van der Waals surface area contributed by atoms with Crippen molar-refractivity contribution in [3.05, 3.63) is 35.9 Å². The fraction of sp³-hybridized carbons (Fsp3) is 0.636. The van der Waals surface area contributed by atoms with Crippen LogP contribution in [-0.4, -0.2) is 77.2 Å². The molecule has 3 rings (SSSR count). The van der Waals surface area contributed by atoms with E-state index in [0.29, 0.717) is 25.8 Å². The second-order valence-electron chi connectivity index (χ2n) is 12.9. The van der Waals surface area contributed by atoms with E-state index in [4.69, 9.17) is 4.74 Å². The Labute approximate surface area is 265 Å². The number of ketones is 1. The van der Waals surface area contributed by atoms with Gasteiger partial charge in [-0.2, -0.15) is 0 Å². The maximum absolute atomic E-state index is 13.9. The quantitative estimate of drug-likeness (QED) is 0.244. The van der Waals surface area contributed by atoms with Crippen molar-refractivity contribution < 1.29 is 33.5 Å². The van der Waals surface area contributed by atoms with Crippen LogP contribution in [0, 0.1) is 5.92 Å². The molecule has 2 aliphatic rings. The molecule has 1 saturated carbocycles. The number of amides is 5. The number of benzene rings is 1. The number of Topliss-reactive ketones (excluding diaryl/α,β-unsaturated/α-hetero) is 1. The van der Waals surface area contributed by atoms with Crippen molar-refractivity contribution in [1.82, 2.24) is 26.2 Å². The third kappa shape index (κ3) is 11.2. The summed E-state index contributed by atoms with van der Waals surface area (Å²) in [6.07, 6.45) is 5.55. The smallest absolute Gasteiger partial charge is 0.408 e. The minimum atomic E-state index is -1.11. The lowest BCUT2D eigenvalue weighted by Gasteiger charge is -2.35. The van der Waals surface area contributed by atoms with Gasteiger partial charge in [-0.15, -0.1) is 0 Å². The van der Waals surface area contributed by atoms with Crippen molar-refractivity contribution in [2.75, 3.05) is 13.1 Å². The van der Waals surface area contributed by atoms with Gasteiger partial charge in [0.15, 0.2) is 0 Å². The SMILES string of the molecule is CCCC(NC(=O)[C@@H]1CCCN1C(=O)C(NC(=O)OC(C)(C)C)C1CCCCC1)C(=O)C(=O)NCC(=O)NCc1ccccc1. The number of hydrogen-bond donors (Lipinski definition) is 4. The molecule has 5 amide bonds. The van der Waals surface area contributed by atoms with Gasteiger partial charge in [0, 0.05) is 13.1 Å². The summed E-state index contributed by atoms with van der Waals surface area (Å²) in [7, 11) is 0. The van der Waals surface area contributed by atoms with Gasteiger partial charge in [-0.1, -0.05) is 62.9 Å². The molecule has 1 aliphatic carbocycles. The van der Waals surface area contributed by atoms with Crippen molar-refractivity contribution in [3.63, 3.8) is 0 Å². The highest BCUT2D eigenvalue weighted by molar-refractivity contribution is 6.38. The molecule has 3 atom stereocenters. The number of ether oxygens (including phenoxy) is 1. The Balaban J connectivity index is 1.61. The first kappa shape index (κ1) is 35.5. The third-order valence-electron chi connectivity index (χ3n) is 8.07. The zero-order valence-corrected chi connectivity index (χ0v) is 27.0. The van der Waals surface area contributed by atoms with E-state index in [-0.39, 0.29) is 31.3 Å². The first-order valence-corrected chi connectivity index (χ1v) is 16.1. The minimum absolute atomic E-state index is 0.0777. The van der Waals surface area contributed by atoms with Crippen LogP contribution in [0.3, 0.4) is 0 Å². The molecule has 0 spiro atoms. The number of likely N-dealkylation sites (tertiary alicyclic amines) is 1. The molecule has 45 heavy (non-hydrogen) atoms. The molecule has 1 saturated heterocycles. The summed E-state index contributed by atoms with van der Waals surface area (Å²) in [6, 6.07) is 6.48. The minimum Gasteiger partial charge on any atom is -0.444 e. The largest absolute Gasteiger partial charge is 0.444 e. The number of hydrogen-bond acceptors (Lipinski definition) is 7. The van der Waals surface area contributed by atoms with E-state index < -0.39 is 53.3 Å². The van der Waals surface area contributed by atoms with Gasteiger partial charge in [-0.05, 0) is 64.4 Å². The molecule has 0 radical (unpaired) electrons. The Bertz CT molecular complexity index is 1190. The zero-order valence-electron chi connectivity index (χ0n) is 27.0. The summed E-state index contributed by atoms with van der Waals surface area (Å²) >= 11 is 0. The summed E-state index contributed by atoms with van der Waals surface area (Å²) in [5.41, 5.74) is 0.156. The molecule has 1 aliphatic heterocycles. The van der Waals surface area contributed by atoms with E-state index in [9.17, 15) is 28.8 Å². The Morgan fingerprint density at radius 3 is 2.24 bits per heavy atom. The van der Waals surface area contributed by atoms with E-state index in [1.165, 1.54) is 4.90 Å². The van der Waals surface area contributed by atoms with Crippen LogP contribution in [0.4, 0.5) is 4.79 Å². The molecule has 0 bridgehead atoms. The lowest BCUT2D eigenvalue weighted by molar-refractivity contribution is -0.143. The highest BCUT2D eigenvalue weighted by Crippen LogP contribution is 2.29. The van der Waals surface area contributed by atoms with Crippen molar-refractivity contribution >= 4 is 35.5 Å². The number of alkyl carbamates (subject to hydrolysis) is 1. The Kier molecular flexibility index (Phi) is 13.4. The standard InChI is InChI=1S/C33H49N5O7/c1-5-13-24(28(40)30(42)35-21-26(39)34-20-22-14-8-6-9-15-22)36-29(41)25-18-12-19-38(25)31(43)27(23-16-10-7-11-17-23)37-32(44)45-33(2,3)4/h6,8-9,14-15,23-25,27H,5,7,10-13,16-21H2,1-4H3,(H,34,39)(H,35,42)(H,36,41)(H,37,44)/t24?,25-,27?/m0/s1. The predicted molar refractivity (Wildman–Crippen MR) is 168 cm³/mol. The molecule has 248 valence electrons. The molecule has 0 aromatic heterocycles. The fourth-order valence-electron chi connectivity index (χ4n) is 5.86. The van der Waals surface area contributed by atoms with Crippen molar-refractivity contribution in [2.45, 2.75) is 116 Å². The first-order chi connectivity index (χ1) is 21.4. The van der Waals surface area contributed by atoms with Crippen molar-refractivity contribution in [3.8, 4) is 0 Å². The Morgan fingerprint density at radius 1 is 0.911 bits per heavy atom. The maximum Gasteiger partial charge on any atom is 0.408 e.